The molecule has 29 heavy (non-hydrogen) atoms. The van der Waals surface area contributed by atoms with Crippen LogP contribution >= 0.6 is 0 Å². The molecule has 0 fully saturated rings. The lowest BCUT2D eigenvalue weighted by Crippen LogP contribution is -2.37. The summed E-state index contributed by atoms with van der Waals surface area (Å²) in [5.41, 5.74) is 14.4. The molecule has 3 rings (SSSR count). The molecule has 0 radical (unpaired) electrons. The number of unbranched alkanes of at least 4 members (excludes halogenated alkanes) is 1. The summed E-state index contributed by atoms with van der Waals surface area (Å²) < 4.78 is 0. The summed E-state index contributed by atoms with van der Waals surface area (Å²) >= 11 is 0. The molecule has 1 N–H and O–H groups in total. The van der Waals surface area contributed by atoms with Gasteiger partial charge in [0.1, 0.15) is 5.75 Å². The van der Waals surface area contributed by atoms with Crippen LogP contribution in [-0.4, -0.2) is 11.7 Å². The lowest BCUT2D eigenvalue weighted by molar-refractivity contribution is 0.223. The zero-order valence-electron chi connectivity index (χ0n) is 18.6. The first-order valence-corrected chi connectivity index (χ1v) is 10.8. The largest absolute Gasteiger partial charge is 0.508 e. The predicted octanol–water partition coefficient (Wildman–Crippen LogP) is 7.64. The Morgan fingerprint density at radius 2 is 2.03 bits per heavy atom. The Balaban J connectivity index is 1.97. The van der Waals surface area contributed by atoms with Gasteiger partial charge in [-0.15, -0.1) is 0 Å². The number of azide groups is 1. The van der Waals surface area contributed by atoms with E-state index in [0.717, 1.165) is 54.4 Å². The molecule has 0 bridgehead atoms. The molecule has 156 valence electrons. The van der Waals surface area contributed by atoms with Gasteiger partial charge in [-0.05, 0) is 83.6 Å². The second-order valence-corrected chi connectivity index (χ2v) is 10.2. The van der Waals surface area contributed by atoms with E-state index >= 15 is 0 Å². The fourth-order valence-corrected chi connectivity index (χ4v) is 5.34. The summed E-state index contributed by atoms with van der Waals surface area (Å²) in [4.78, 5) is 2.83. The van der Waals surface area contributed by atoms with Crippen molar-refractivity contribution in [1.29, 1.82) is 0 Å². The number of aromatic hydroxyl groups is 1. The second kappa shape index (κ2) is 7.91. The van der Waals surface area contributed by atoms with Crippen molar-refractivity contribution in [3.63, 3.8) is 0 Å². The van der Waals surface area contributed by atoms with Crippen LogP contribution in [0.1, 0.15) is 89.3 Å². The summed E-state index contributed by atoms with van der Waals surface area (Å²) in [6.45, 7) is 16.3. The Bertz CT molecular complexity index is 888. The minimum absolute atomic E-state index is 0.0133. The number of nitrogens with zero attached hydrogens (tertiary/aromatic N) is 3. The quantitative estimate of drug-likeness (QED) is 0.174. The number of benzene rings is 1. The van der Waals surface area contributed by atoms with Crippen LogP contribution in [0, 0.1) is 11.3 Å². The topological polar surface area (TPSA) is 69.0 Å². The maximum Gasteiger partial charge on any atom is 0.119 e. The first kappa shape index (κ1) is 21.5. The van der Waals surface area contributed by atoms with Crippen LogP contribution in [0.15, 0.2) is 35.5 Å². The van der Waals surface area contributed by atoms with Gasteiger partial charge in [-0.3, -0.25) is 0 Å². The van der Waals surface area contributed by atoms with Crippen LogP contribution in [0.25, 0.3) is 16.0 Å². The van der Waals surface area contributed by atoms with Crippen LogP contribution in [0.4, 0.5) is 0 Å². The van der Waals surface area contributed by atoms with Gasteiger partial charge in [-0.2, -0.15) is 0 Å². The molecular formula is C25H35N3O. The highest BCUT2D eigenvalue weighted by atomic mass is 16.3. The number of phenols is 1. The minimum Gasteiger partial charge on any atom is -0.508 e. The lowest BCUT2D eigenvalue weighted by Gasteiger charge is -2.49. The number of allylic oxidation sites excluding steroid dienone is 3. The Labute approximate surface area is 175 Å². The molecule has 0 heterocycles. The van der Waals surface area contributed by atoms with Gasteiger partial charge in [-0.25, -0.2) is 0 Å². The minimum atomic E-state index is -0.0630. The van der Waals surface area contributed by atoms with Crippen molar-refractivity contribution in [3.05, 3.63) is 57.5 Å². The van der Waals surface area contributed by atoms with Gasteiger partial charge in [0.25, 0.3) is 0 Å². The van der Waals surface area contributed by atoms with Crippen LogP contribution < -0.4 is 0 Å². The summed E-state index contributed by atoms with van der Waals surface area (Å²) in [7, 11) is 0. The van der Waals surface area contributed by atoms with Gasteiger partial charge < -0.3 is 5.11 Å². The summed E-state index contributed by atoms with van der Waals surface area (Å²) in [6.07, 6.45) is 7.30. The third kappa shape index (κ3) is 3.96. The number of hydrogen-bond donors (Lipinski definition) is 1. The molecule has 0 saturated carbocycles. The molecule has 0 amide bonds. The maximum atomic E-state index is 11.1. The molecule has 2 aliphatic carbocycles. The SMILES string of the molecule is C=C1c2cc(C(C)(C)CCCCN=[N+]=[N-])cc(O)c2[C@@H]2CC(C)=CCC2C1(C)C. The average molecular weight is 394 g/mol. The van der Waals surface area contributed by atoms with Gasteiger partial charge in [-0.1, -0.05) is 63.5 Å². The van der Waals surface area contributed by atoms with Gasteiger partial charge in [0, 0.05) is 17.0 Å². The summed E-state index contributed by atoms with van der Waals surface area (Å²) in [5.74, 6) is 1.27. The number of fused-ring (bicyclic) bond motifs is 3. The number of phenolic OH excluding ortho intramolecular Hbond substituents is 1. The van der Waals surface area contributed by atoms with E-state index in [-0.39, 0.29) is 10.8 Å². The summed E-state index contributed by atoms with van der Waals surface area (Å²) in [5, 5.41) is 14.8. The monoisotopic (exact) mass is 393 g/mol. The predicted molar refractivity (Wildman–Crippen MR) is 121 cm³/mol. The molecule has 2 aliphatic rings. The van der Waals surface area contributed by atoms with Crippen LogP contribution in [-0.2, 0) is 5.41 Å². The van der Waals surface area contributed by atoms with Crippen molar-refractivity contribution in [3.8, 4) is 5.75 Å². The van der Waals surface area contributed by atoms with E-state index in [9.17, 15) is 5.11 Å². The molecule has 2 atom stereocenters. The zero-order chi connectivity index (χ0) is 21.4. The van der Waals surface area contributed by atoms with E-state index in [1.54, 1.807) is 0 Å². The molecule has 0 spiro atoms. The number of hydrogen-bond acceptors (Lipinski definition) is 2. The van der Waals surface area contributed by atoms with Crippen molar-refractivity contribution in [1.82, 2.24) is 0 Å². The number of rotatable bonds is 6. The normalized spacial score (nSPS) is 22.9. The van der Waals surface area contributed by atoms with Crippen molar-refractivity contribution in [2.75, 3.05) is 6.54 Å². The van der Waals surface area contributed by atoms with Crippen molar-refractivity contribution in [2.24, 2.45) is 16.4 Å². The molecule has 0 saturated heterocycles. The zero-order valence-corrected chi connectivity index (χ0v) is 18.6. The first-order chi connectivity index (χ1) is 13.6. The Hall–Kier alpha value is -2.19. The van der Waals surface area contributed by atoms with Gasteiger partial charge in [0.15, 0.2) is 0 Å². The molecular weight excluding hydrogens is 358 g/mol. The summed E-state index contributed by atoms with van der Waals surface area (Å²) in [6, 6.07) is 4.28. The van der Waals surface area contributed by atoms with E-state index in [4.69, 9.17) is 5.53 Å². The Kier molecular flexibility index (Phi) is 5.87. The third-order valence-corrected chi connectivity index (χ3v) is 7.46. The fourth-order valence-electron chi connectivity index (χ4n) is 5.34. The maximum absolute atomic E-state index is 11.1. The van der Waals surface area contributed by atoms with E-state index in [1.807, 2.05) is 6.07 Å². The van der Waals surface area contributed by atoms with Gasteiger partial charge >= 0.3 is 0 Å². The smallest absolute Gasteiger partial charge is 0.119 e. The molecule has 0 aliphatic heterocycles. The van der Waals surface area contributed by atoms with Gasteiger partial charge in [0.05, 0.1) is 0 Å². The van der Waals surface area contributed by atoms with Crippen LogP contribution in [0.2, 0.25) is 0 Å². The standard InChI is InChI=1S/C25H35N3O/c1-16-9-10-21-20(13-16)23-19(17(2)25(21,5)6)14-18(15-22(23)29)24(3,4)11-7-8-12-27-28-26/h9,14-15,20-21,29H,2,7-8,10-13H2,1,3-6H3/t20-,21?/m1/s1. The second-order valence-electron chi connectivity index (χ2n) is 10.2. The highest BCUT2D eigenvalue weighted by Gasteiger charge is 2.46. The third-order valence-electron chi connectivity index (χ3n) is 7.46. The van der Waals surface area contributed by atoms with E-state index in [2.05, 4.69) is 63.4 Å². The van der Waals surface area contributed by atoms with Crippen LogP contribution in [0.5, 0.6) is 5.75 Å². The molecule has 0 aromatic heterocycles. The Morgan fingerprint density at radius 1 is 1.31 bits per heavy atom. The lowest BCUT2D eigenvalue weighted by atomic mass is 9.55. The van der Waals surface area contributed by atoms with Crippen molar-refractivity contribution >= 4 is 5.57 Å². The van der Waals surface area contributed by atoms with Crippen molar-refractivity contribution < 1.29 is 5.11 Å². The van der Waals surface area contributed by atoms with Gasteiger partial charge in [0.2, 0.25) is 0 Å². The molecule has 4 heteroatoms. The van der Waals surface area contributed by atoms with Crippen LogP contribution in [0.3, 0.4) is 0 Å². The molecule has 1 aromatic carbocycles. The highest BCUT2D eigenvalue weighted by Crippen LogP contribution is 2.59. The van der Waals surface area contributed by atoms with Crippen molar-refractivity contribution in [2.45, 2.75) is 78.1 Å². The average Bonchev–Trinajstić information content (AvgIpc) is 2.65. The fraction of sp³-hybridized carbons (Fsp3) is 0.600. The first-order valence-electron chi connectivity index (χ1n) is 10.8. The van der Waals surface area contributed by atoms with E-state index < -0.39 is 0 Å². The molecule has 1 unspecified atom stereocenters. The Morgan fingerprint density at radius 3 is 2.72 bits per heavy atom. The molecule has 1 aromatic rings. The van der Waals surface area contributed by atoms with E-state index in [0.29, 0.717) is 24.1 Å². The highest BCUT2D eigenvalue weighted by molar-refractivity contribution is 5.76. The molecule has 4 nitrogen and oxygen atoms in total. The van der Waals surface area contributed by atoms with E-state index in [1.165, 1.54) is 5.57 Å².